The Morgan fingerprint density at radius 2 is 1.90 bits per heavy atom. The number of hydrogen-bond donors (Lipinski definition) is 1. The summed E-state index contributed by atoms with van der Waals surface area (Å²) in [5, 5.41) is 2.59. The zero-order valence-electron chi connectivity index (χ0n) is 11.3. The van der Waals surface area contributed by atoms with E-state index >= 15 is 0 Å². The second-order valence-electron chi connectivity index (χ2n) is 4.38. The Labute approximate surface area is 129 Å². The maximum atomic E-state index is 13.5. The first kappa shape index (κ1) is 15.4. The summed E-state index contributed by atoms with van der Waals surface area (Å²) >= 11 is 3.07. The van der Waals surface area contributed by atoms with E-state index in [-0.39, 0.29) is 11.3 Å². The monoisotopic (exact) mass is 355 g/mol. The molecular formula is C15H12BrF2NO2. The van der Waals surface area contributed by atoms with Crippen LogP contribution >= 0.6 is 15.9 Å². The van der Waals surface area contributed by atoms with Crippen LogP contribution in [0, 0.1) is 18.6 Å². The lowest BCUT2D eigenvalue weighted by Gasteiger charge is -2.10. The topological polar surface area (TPSA) is 38.3 Å². The highest BCUT2D eigenvalue weighted by Crippen LogP contribution is 2.25. The van der Waals surface area contributed by atoms with Crippen LogP contribution in [0.2, 0.25) is 0 Å². The van der Waals surface area contributed by atoms with Crippen molar-refractivity contribution in [2.45, 2.75) is 6.92 Å². The van der Waals surface area contributed by atoms with Crippen LogP contribution in [0.3, 0.4) is 0 Å². The van der Waals surface area contributed by atoms with Crippen molar-refractivity contribution in [1.29, 1.82) is 0 Å². The molecule has 1 amide bonds. The van der Waals surface area contributed by atoms with Crippen molar-refractivity contribution in [2.75, 3.05) is 12.4 Å². The van der Waals surface area contributed by atoms with Gasteiger partial charge in [0.15, 0.2) is 11.6 Å². The summed E-state index contributed by atoms with van der Waals surface area (Å²) in [6, 6.07) is 6.55. The number of amides is 1. The van der Waals surface area contributed by atoms with Crippen LogP contribution in [0.25, 0.3) is 0 Å². The highest BCUT2D eigenvalue weighted by molar-refractivity contribution is 9.10. The largest absolute Gasteiger partial charge is 0.494 e. The lowest BCUT2D eigenvalue weighted by atomic mass is 10.1. The fourth-order valence-corrected chi connectivity index (χ4v) is 2.23. The van der Waals surface area contributed by atoms with E-state index in [2.05, 4.69) is 21.2 Å². The van der Waals surface area contributed by atoms with Gasteiger partial charge in [0, 0.05) is 11.3 Å². The predicted molar refractivity (Wildman–Crippen MR) is 79.7 cm³/mol. The molecule has 2 aromatic carbocycles. The number of benzene rings is 2. The molecule has 0 atom stereocenters. The van der Waals surface area contributed by atoms with Crippen molar-refractivity contribution in [3.8, 4) is 5.75 Å². The summed E-state index contributed by atoms with van der Waals surface area (Å²) in [4.78, 5) is 12.1. The fourth-order valence-electron chi connectivity index (χ4n) is 1.78. The lowest BCUT2D eigenvalue weighted by molar-refractivity contribution is 0.102. The number of aryl methyl sites for hydroxylation is 1. The Morgan fingerprint density at radius 3 is 2.57 bits per heavy atom. The Bertz CT molecular complexity index is 704. The van der Waals surface area contributed by atoms with Gasteiger partial charge in [-0.05, 0) is 58.7 Å². The van der Waals surface area contributed by atoms with Crippen molar-refractivity contribution >= 4 is 27.5 Å². The molecular weight excluding hydrogens is 344 g/mol. The molecule has 0 spiro atoms. The lowest BCUT2D eigenvalue weighted by Crippen LogP contribution is -2.13. The third-order valence-corrected chi connectivity index (χ3v) is 3.54. The van der Waals surface area contributed by atoms with Gasteiger partial charge in [0.25, 0.3) is 5.91 Å². The van der Waals surface area contributed by atoms with Crippen LogP contribution in [0.1, 0.15) is 15.9 Å². The quantitative estimate of drug-likeness (QED) is 0.891. The van der Waals surface area contributed by atoms with Gasteiger partial charge in [-0.1, -0.05) is 0 Å². The summed E-state index contributed by atoms with van der Waals surface area (Å²) in [7, 11) is 1.31. The van der Waals surface area contributed by atoms with Crippen LogP contribution in [-0.2, 0) is 0 Å². The molecule has 21 heavy (non-hydrogen) atoms. The minimum absolute atomic E-state index is 0.0265. The summed E-state index contributed by atoms with van der Waals surface area (Å²) in [5.41, 5.74) is 1.27. The standard InChI is InChI=1S/C15H12BrF2NO2/c1-8-5-10(16)12(18)7-13(8)19-15(20)9-3-4-11(17)14(6-9)21-2/h3-7H,1-2H3,(H,19,20). The number of carbonyl (C=O) groups excluding carboxylic acids is 1. The van der Waals surface area contributed by atoms with Gasteiger partial charge in [-0.2, -0.15) is 0 Å². The molecule has 0 aliphatic rings. The molecule has 0 unspecified atom stereocenters. The van der Waals surface area contributed by atoms with Crippen LogP contribution in [0.4, 0.5) is 14.5 Å². The minimum atomic E-state index is -0.556. The van der Waals surface area contributed by atoms with Crippen LogP contribution in [0.5, 0.6) is 5.75 Å². The third-order valence-electron chi connectivity index (χ3n) is 2.93. The van der Waals surface area contributed by atoms with Gasteiger partial charge in [-0.25, -0.2) is 8.78 Å². The van der Waals surface area contributed by atoms with E-state index in [4.69, 9.17) is 4.74 Å². The van der Waals surface area contributed by atoms with E-state index in [1.165, 1.54) is 25.3 Å². The third kappa shape index (κ3) is 3.39. The summed E-state index contributed by atoms with van der Waals surface area (Å²) in [6.45, 7) is 1.74. The van der Waals surface area contributed by atoms with E-state index in [1.807, 2.05) is 0 Å². The summed E-state index contributed by atoms with van der Waals surface area (Å²) < 4.78 is 32.0. The van der Waals surface area contributed by atoms with E-state index < -0.39 is 17.5 Å². The molecule has 0 fully saturated rings. The molecule has 2 rings (SSSR count). The number of carbonyl (C=O) groups is 1. The molecule has 0 saturated heterocycles. The number of methoxy groups -OCH3 is 1. The molecule has 3 nitrogen and oxygen atoms in total. The second kappa shape index (κ2) is 6.22. The van der Waals surface area contributed by atoms with E-state index in [9.17, 15) is 13.6 Å². The Hall–Kier alpha value is -1.95. The molecule has 1 N–H and O–H groups in total. The average Bonchev–Trinajstić information content (AvgIpc) is 2.45. The highest BCUT2D eigenvalue weighted by atomic mass is 79.9. The molecule has 0 saturated carbocycles. The van der Waals surface area contributed by atoms with Gasteiger partial charge in [-0.3, -0.25) is 4.79 Å². The van der Waals surface area contributed by atoms with Crippen molar-refractivity contribution in [3.63, 3.8) is 0 Å². The van der Waals surface area contributed by atoms with Crippen molar-refractivity contribution in [3.05, 3.63) is 57.6 Å². The van der Waals surface area contributed by atoms with E-state index in [0.29, 0.717) is 15.7 Å². The molecule has 110 valence electrons. The Morgan fingerprint density at radius 1 is 1.19 bits per heavy atom. The molecule has 0 aliphatic heterocycles. The molecule has 0 bridgehead atoms. The maximum Gasteiger partial charge on any atom is 0.255 e. The zero-order chi connectivity index (χ0) is 15.6. The number of rotatable bonds is 3. The Balaban J connectivity index is 2.28. The fraction of sp³-hybridized carbons (Fsp3) is 0.133. The number of ether oxygens (including phenoxy) is 1. The van der Waals surface area contributed by atoms with Gasteiger partial charge in [0.05, 0.1) is 11.6 Å². The van der Waals surface area contributed by atoms with Crippen LogP contribution < -0.4 is 10.1 Å². The molecule has 0 aromatic heterocycles. The molecule has 6 heteroatoms. The maximum absolute atomic E-state index is 13.5. The molecule has 0 radical (unpaired) electrons. The SMILES string of the molecule is COc1cc(C(=O)Nc2cc(F)c(Br)cc2C)ccc1F. The van der Waals surface area contributed by atoms with E-state index in [0.717, 1.165) is 6.07 Å². The molecule has 0 aliphatic carbocycles. The number of hydrogen-bond acceptors (Lipinski definition) is 2. The summed E-state index contributed by atoms with van der Waals surface area (Å²) in [5.74, 6) is -1.54. The van der Waals surface area contributed by atoms with Gasteiger partial charge >= 0.3 is 0 Å². The summed E-state index contributed by atoms with van der Waals surface area (Å²) in [6.07, 6.45) is 0. The first-order valence-corrected chi connectivity index (χ1v) is 6.82. The first-order chi connectivity index (χ1) is 9.92. The average molecular weight is 356 g/mol. The van der Waals surface area contributed by atoms with Crippen LogP contribution in [0.15, 0.2) is 34.8 Å². The predicted octanol–water partition coefficient (Wildman–Crippen LogP) is 4.30. The normalized spacial score (nSPS) is 10.3. The van der Waals surface area contributed by atoms with Gasteiger partial charge in [0.1, 0.15) is 5.82 Å². The number of anilines is 1. The van der Waals surface area contributed by atoms with Gasteiger partial charge in [0.2, 0.25) is 0 Å². The van der Waals surface area contributed by atoms with Gasteiger partial charge in [-0.15, -0.1) is 0 Å². The van der Waals surface area contributed by atoms with Crippen LogP contribution in [-0.4, -0.2) is 13.0 Å². The molecule has 0 heterocycles. The van der Waals surface area contributed by atoms with Crippen molar-refractivity contribution < 1.29 is 18.3 Å². The Kier molecular flexibility index (Phi) is 4.57. The number of halogens is 3. The smallest absolute Gasteiger partial charge is 0.255 e. The van der Waals surface area contributed by atoms with Crippen molar-refractivity contribution in [1.82, 2.24) is 0 Å². The zero-order valence-corrected chi connectivity index (χ0v) is 12.9. The second-order valence-corrected chi connectivity index (χ2v) is 5.24. The number of nitrogens with one attached hydrogen (secondary N) is 1. The van der Waals surface area contributed by atoms with Crippen molar-refractivity contribution in [2.24, 2.45) is 0 Å². The van der Waals surface area contributed by atoms with Gasteiger partial charge < -0.3 is 10.1 Å². The molecule has 2 aromatic rings. The van der Waals surface area contributed by atoms with E-state index in [1.54, 1.807) is 13.0 Å². The first-order valence-electron chi connectivity index (χ1n) is 6.03. The minimum Gasteiger partial charge on any atom is -0.494 e. The highest BCUT2D eigenvalue weighted by Gasteiger charge is 2.13.